The van der Waals surface area contributed by atoms with Crippen molar-refractivity contribution in [1.82, 2.24) is 4.90 Å². The molecule has 1 aliphatic rings. The number of nitrogen functional groups attached to an aromatic ring is 1. The fraction of sp³-hybridized carbons (Fsp3) is 0.571. The molecule has 1 aliphatic heterocycles. The first kappa shape index (κ1) is 12.4. The van der Waals surface area contributed by atoms with Gasteiger partial charge in [0, 0.05) is 18.8 Å². The Labute approximate surface area is 103 Å². The molecule has 2 unspecified atom stereocenters. The van der Waals surface area contributed by atoms with Crippen LogP contribution in [0.4, 0.5) is 10.1 Å². The normalized spacial score (nSPS) is 26.1. The summed E-state index contributed by atoms with van der Waals surface area (Å²) in [4.78, 5) is 2.41. The van der Waals surface area contributed by atoms with E-state index in [4.69, 9.17) is 5.73 Å². The molecule has 1 fully saturated rings. The Bertz CT molecular complexity index is 392. The van der Waals surface area contributed by atoms with Crippen LogP contribution < -0.4 is 5.73 Å². The standard InChI is InChI=1S/C14H21FN2/c1-10-5-6-17(8-11(10)2)9-12-3-4-13(15)7-14(12)16/h3-4,7,10-11H,5-6,8-9,16H2,1-2H3. The molecule has 2 nitrogen and oxygen atoms in total. The molecule has 1 saturated heterocycles. The number of nitrogens with zero attached hydrogens (tertiary/aromatic N) is 1. The van der Waals surface area contributed by atoms with Gasteiger partial charge in [0.05, 0.1) is 0 Å². The van der Waals surface area contributed by atoms with Crippen LogP contribution in [0.15, 0.2) is 18.2 Å². The van der Waals surface area contributed by atoms with Gasteiger partial charge < -0.3 is 5.73 Å². The number of piperidine rings is 1. The Morgan fingerprint density at radius 3 is 2.76 bits per heavy atom. The van der Waals surface area contributed by atoms with Crippen molar-refractivity contribution in [3.63, 3.8) is 0 Å². The predicted octanol–water partition coefficient (Wildman–Crippen LogP) is 2.89. The van der Waals surface area contributed by atoms with E-state index in [0.29, 0.717) is 5.69 Å². The quantitative estimate of drug-likeness (QED) is 0.800. The smallest absolute Gasteiger partial charge is 0.125 e. The van der Waals surface area contributed by atoms with Crippen molar-refractivity contribution in [2.24, 2.45) is 11.8 Å². The van der Waals surface area contributed by atoms with Crippen LogP contribution in [0, 0.1) is 17.7 Å². The van der Waals surface area contributed by atoms with Crippen molar-refractivity contribution in [2.75, 3.05) is 18.8 Å². The zero-order valence-electron chi connectivity index (χ0n) is 10.6. The van der Waals surface area contributed by atoms with Gasteiger partial charge in [-0.05, 0) is 42.5 Å². The summed E-state index contributed by atoms with van der Waals surface area (Å²) in [7, 11) is 0. The Balaban J connectivity index is 2.01. The molecule has 1 aromatic carbocycles. The Morgan fingerprint density at radius 1 is 1.35 bits per heavy atom. The number of rotatable bonds is 2. The summed E-state index contributed by atoms with van der Waals surface area (Å²) in [5, 5.41) is 0. The van der Waals surface area contributed by atoms with E-state index >= 15 is 0 Å². The Morgan fingerprint density at radius 2 is 2.12 bits per heavy atom. The van der Waals surface area contributed by atoms with Crippen LogP contribution in [0.2, 0.25) is 0 Å². The number of halogens is 1. The first-order valence-electron chi connectivity index (χ1n) is 6.32. The van der Waals surface area contributed by atoms with Gasteiger partial charge in [0.1, 0.15) is 5.82 Å². The molecule has 17 heavy (non-hydrogen) atoms. The van der Waals surface area contributed by atoms with Gasteiger partial charge in [-0.15, -0.1) is 0 Å². The lowest BCUT2D eigenvalue weighted by molar-refractivity contribution is 0.132. The average Bonchev–Trinajstić information content (AvgIpc) is 2.27. The summed E-state index contributed by atoms with van der Waals surface area (Å²) < 4.78 is 12.9. The lowest BCUT2D eigenvalue weighted by Gasteiger charge is -2.35. The highest BCUT2D eigenvalue weighted by atomic mass is 19.1. The van der Waals surface area contributed by atoms with Crippen molar-refractivity contribution in [2.45, 2.75) is 26.8 Å². The molecule has 2 rings (SSSR count). The molecule has 0 spiro atoms. The van der Waals surface area contributed by atoms with Crippen molar-refractivity contribution in [1.29, 1.82) is 0 Å². The molecule has 1 aromatic rings. The maximum atomic E-state index is 12.9. The highest BCUT2D eigenvalue weighted by Crippen LogP contribution is 2.25. The molecule has 1 heterocycles. The van der Waals surface area contributed by atoms with E-state index in [1.165, 1.54) is 18.6 Å². The molecular weight excluding hydrogens is 215 g/mol. The molecule has 0 aliphatic carbocycles. The molecular formula is C14H21FN2. The fourth-order valence-electron chi connectivity index (χ4n) is 2.44. The Kier molecular flexibility index (Phi) is 3.67. The fourth-order valence-corrected chi connectivity index (χ4v) is 2.44. The number of hydrogen-bond donors (Lipinski definition) is 1. The lowest BCUT2D eigenvalue weighted by atomic mass is 9.88. The van der Waals surface area contributed by atoms with E-state index in [1.54, 1.807) is 6.07 Å². The topological polar surface area (TPSA) is 29.3 Å². The van der Waals surface area contributed by atoms with E-state index in [9.17, 15) is 4.39 Å². The number of benzene rings is 1. The van der Waals surface area contributed by atoms with Gasteiger partial charge >= 0.3 is 0 Å². The minimum Gasteiger partial charge on any atom is -0.398 e. The van der Waals surface area contributed by atoms with Crippen molar-refractivity contribution < 1.29 is 4.39 Å². The molecule has 3 heteroatoms. The summed E-state index contributed by atoms with van der Waals surface area (Å²) in [5.74, 6) is 1.27. The van der Waals surface area contributed by atoms with E-state index in [0.717, 1.165) is 37.0 Å². The molecule has 0 amide bonds. The first-order valence-corrected chi connectivity index (χ1v) is 6.32. The van der Waals surface area contributed by atoms with Crippen LogP contribution in [0.1, 0.15) is 25.8 Å². The van der Waals surface area contributed by atoms with Gasteiger partial charge in [0.25, 0.3) is 0 Å². The summed E-state index contributed by atoms with van der Waals surface area (Å²) in [6.07, 6.45) is 1.24. The summed E-state index contributed by atoms with van der Waals surface area (Å²) in [6.45, 7) is 7.67. The number of nitrogens with two attached hydrogens (primary N) is 1. The van der Waals surface area contributed by atoms with Crippen LogP contribution in [0.5, 0.6) is 0 Å². The Hall–Kier alpha value is -1.09. The summed E-state index contributed by atoms with van der Waals surface area (Å²) >= 11 is 0. The van der Waals surface area contributed by atoms with E-state index in [-0.39, 0.29) is 5.82 Å². The van der Waals surface area contributed by atoms with Gasteiger partial charge in [-0.1, -0.05) is 19.9 Å². The maximum Gasteiger partial charge on any atom is 0.125 e. The molecule has 0 bridgehead atoms. The van der Waals surface area contributed by atoms with Gasteiger partial charge in [-0.2, -0.15) is 0 Å². The van der Waals surface area contributed by atoms with Crippen LogP contribution in [0.3, 0.4) is 0 Å². The molecule has 0 saturated carbocycles. The monoisotopic (exact) mass is 236 g/mol. The highest BCUT2D eigenvalue weighted by Gasteiger charge is 2.22. The van der Waals surface area contributed by atoms with Crippen molar-refractivity contribution >= 4 is 5.69 Å². The van der Waals surface area contributed by atoms with Crippen LogP contribution >= 0.6 is 0 Å². The third-order valence-corrected chi connectivity index (χ3v) is 3.92. The lowest BCUT2D eigenvalue weighted by Crippen LogP contribution is -2.37. The average molecular weight is 236 g/mol. The summed E-state index contributed by atoms with van der Waals surface area (Å²) in [5.41, 5.74) is 7.44. The third-order valence-electron chi connectivity index (χ3n) is 3.92. The minimum atomic E-state index is -0.258. The van der Waals surface area contributed by atoms with E-state index in [1.807, 2.05) is 0 Å². The SMILES string of the molecule is CC1CCN(Cc2ccc(F)cc2N)CC1C. The zero-order valence-corrected chi connectivity index (χ0v) is 10.6. The highest BCUT2D eigenvalue weighted by molar-refractivity contribution is 5.46. The van der Waals surface area contributed by atoms with Gasteiger partial charge in [0.2, 0.25) is 0 Å². The first-order chi connectivity index (χ1) is 8.06. The molecule has 94 valence electrons. The van der Waals surface area contributed by atoms with E-state index < -0.39 is 0 Å². The second kappa shape index (κ2) is 5.05. The molecule has 0 aromatic heterocycles. The number of anilines is 1. The van der Waals surface area contributed by atoms with Gasteiger partial charge in [-0.3, -0.25) is 4.90 Å². The third kappa shape index (κ3) is 2.97. The van der Waals surface area contributed by atoms with Crippen molar-refractivity contribution in [3.05, 3.63) is 29.6 Å². The molecule has 2 atom stereocenters. The minimum absolute atomic E-state index is 0.258. The van der Waals surface area contributed by atoms with Crippen LogP contribution in [0.25, 0.3) is 0 Å². The van der Waals surface area contributed by atoms with Crippen LogP contribution in [-0.2, 0) is 6.54 Å². The number of hydrogen-bond acceptors (Lipinski definition) is 2. The largest absolute Gasteiger partial charge is 0.398 e. The predicted molar refractivity (Wildman–Crippen MR) is 69.0 cm³/mol. The second-order valence-corrected chi connectivity index (χ2v) is 5.32. The summed E-state index contributed by atoms with van der Waals surface area (Å²) in [6, 6.07) is 4.69. The van der Waals surface area contributed by atoms with E-state index in [2.05, 4.69) is 18.7 Å². The van der Waals surface area contributed by atoms with Gasteiger partial charge in [0.15, 0.2) is 0 Å². The van der Waals surface area contributed by atoms with Gasteiger partial charge in [-0.25, -0.2) is 4.39 Å². The molecule has 2 N–H and O–H groups in total. The molecule has 0 radical (unpaired) electrons. The van der Waals surface area contributed by atoms with Crippen molar-refractivity contribution in [3.8, 4) is 0 Å². The van der Waals surface area contributed by atoms with Crippen LogP contribution in [-0.4, -0.2) is 18.0 Å². The zero-order chi connectivity index (χ0) is 12.4. The number of likely N-dealkylation sites (tertiary alicyclic amines) is 1. The maximum absolute atomic E-state index is 12.9. The second-order valence-electron chi connectivity index (χ2n) is 5.32.